The molecule has 0 spiro atoms. The Kier molecular flexibility index (Phi) is 9.95. The molecule has 0 unspecified atom stereocenters. The molecule has 0 aromatic carbocycles. The van der Waals surface area contributed by atoms with Gasteiger partial charge in [0.05, 0.1) is 0 Å². The second-order valence-corrected chi connectivity index (χ2v) is 1.10. The third-order valence-corrected chi connectivity index (χ3v) is 0.439. The van der Waals surface area contributed by atoms with Crippen LogP contribution in [0.25, 0.3) is 5.43 Å². The minimum atomic E-state index is -0.663. The van der Waals surface area contributed by atoms with E-state index in [-0.39, 0.29) is 29.6 Å². The molecule has 4 nitrogen and oxygen atoms in total. The molecule has 5 heteroatoms. The molecule has 42 valence electrons. The van der Waals surface area contributed by atoms with Gasteiger partial charge in [-0.05, 0) is 5.03 Å². The topological polar surface area (TPSA) is 57.2 Å². The predicted molar refractivity (Wildman–Crippen MR) is 25.5 cm³/mol. The molecule has 0 bridgehead atoms. The van der Waals surface area contributed by atoms with Crippen LogP contribution in [-0.2, 0) is 0 Å². The second-order valence-electron chi connectivity index (χ2n) is 1.10. The van der Waals surface area contributed by atoms with Gasteiger partial charge in [-0.15, -0.1) is 0 Å². The molecule has 0 aromatic rings. The fourth-order valence-corrected chi connectivity index (χ4v) is 0.182. The number of hydrogen-bond acceptors (Lipinski definition) is 2. The molecule has 0 aliphatic heterocycles. The van der Waals surface area contributed by atoms with E-state index in [2.05, 4.69) is 5.43 Å². The Labute approximate surface area is 70.1 Å². The third-order valence-electron chi connectivity index (χ3n) is 0.439. The maximum absolute atomic E-state index is 9.40. The Morgan fingerprint density at radius 1 is 1.75 bits per heavy atom. The smallest absolute Gasteiger partial charge is 0.379 e. The van der Waals surface area contributed by atoms with E-state index < -0.39 is 5.03 Å². The van der Waals surface area contributed by atoms with Gasteiger partial charge in [0.1, 0.15) is 0 Å². The Morgan fingerprint density at radius 3 is 2.38 bits per heavy atom. The van der Waals surface area contributed by atoms with Gasteiger partial charge in [-0.1, -0.05) is 19.9 Å². The van der Waals surface area contributed by atoms with Crippen molar-refractivity contribution in [3.05, 3.63) is 15.5 Å². The van der Waals surface area contributed by atoms with Crippen molar-refractivity contribution < 1.29 is 34.6 Å². The minimum absolute atomic E-state index is 0. The molecule has 0 saturated heterocycles. The van der Waals surface area contributed by atoms with Crippen LogP contribution < -0.4 is 29.6 Å². The Bertz CT molecular complexity index is 68.3. The van der Waals surface area contributed by atoms with Gasteiger partial charge in [0.2, 0.25) is 0 Å². The summed E-state index contributed by atoms with van der Waals surface area (Å²) in [6, 6.07) is 0. The molecule has 0 aliphatic carbocycles. The molecule has 0 amide bonds. The van der Waals surface area contributed by atoms with Crippen LogP contribution in [0.15, 0.2) is 0 Å². The van der Waals surface area contributed by atoms with E-state index in [4.69, 9.17) is 0 Å². The predicted octanol–water partition coefficient (Wildman–Crippen LogP) is -2.03. The zero-order valence-corrected chi connectivity index (χ0v) is 7.13. The third kappa shape index (κ3) is 9.50. The monoisotopic (exact) mass is 126 g/mol. The minimum Gasteiger partial charge on any atom is -0.379 e. The van der Waals surface area contributed by atoms with E-state index >= 15 is 0 Å². The van der Waals surface area contributed by atoms with Gasteiger partial charge < -0.3 is 5.43 Å². The number of rotatable bonds is 3. The molecule has 0 rings (SSSR count). The van der Waals surface area contributed by atoms with Gasteiger partial charge in [-0.2, -0.15) is 0 Å². The largest absolute Gasteiger partial charge is 1.00 e. The molecule has 0 atom stereocenters. The Hall–Kier alpha value is 0.200. The molecule has 0 saturated carbocycles. The first kappa shape index (κ1) is 11.1. The normalized spacial score (nSPS) is 7.12. The summed E-state index contributed by atoms with van der Waals surface area (Å²) in [6.45, 7) is 2.17. The Balaban J connectivity index is 0. The molecule has 0 aromatic heterocycles. The van der Waals surface area contributed by atoms with E-state index in [0.717, 1.165) is 6.42 Å². The van der Waals surface area contributed by atoms with Crippen molar-refractivity contribution in [3.8, 4) is 0 Å². The molecule has 0 fully saturated rings. The van der Waals surface area contributed by atoms with Gasteiger partial charge in [-0.25, -0.2) is 0 Å². The summed E-state index contributed by atoms with van der Waals surface area (Å²) in [5.74, 6) is 0. The van der Waals surface area contributed by atoms with Crippen LogP contribution in [0.2, 0.25) is 0 Å². The van der Waals surface area contributed by atoms with Crippen LogP contribution in [-0.4, -0.2) is 11.6 Å². The number of nitrogens with zero attached hydrogens (tertiary/aromatic N) is 2. The maximum atomic E-state index is 9.40. The van der Waals surface area contributed by atoms with Gasteiger partial charge in [0.15, 0.2) is 0 Å². The van der Waals surface area contributed by atoms with Gasteiger partial charge in [-0.3, -0.25) is 10.1 Å². The fraction of sp³-hybridized carbons (Fsp3) is 1.00. The molecule has 8 heavy (non-hydrogen) atoms. The SMILES string of the molecule is CCC[N-][N+](=O)[O-].[Na+]. The average Bonchev–Trinajstić information content (AvgIpc) is 1.61. The summed E-state index contributed by atoms with van der Waals surface area (Å²) >= 11 is 0. The van der Waals surface area contributed by atoms with E-state index in [1.165, 1.54) is 0 Å². The van der Waals surface area contributed by atoms with Crippen LogP contribution in [0.4, 0.5) is 0 Å². The van der Waals surface area contributed by atoms with E-state index in [1.807, 2.05) is 6.92 Å². The number of hydrogen-bond donors (Lipinski definition) is 0. The van der Waals surface area contributed by atoms with Crippen molar-refractivity contribution in [1.29, 1.82) is 0 Å². The summed E-state index contributed by atoms with van der Waals surface area (Å²) in [4.78, 5) is 9.40. The van der Waals surface area contributed by atoms with Gasteiger partial charge >= 0.3 is 29.6 Å². The summed E-state index contributed by atoms with van der Waals surface area (Å²) in [5, 5.41) is 8.73. The standard InChI is InChI=1S/C3H7N2O2.Na/c1-2-3-4-5(6)7;/h2-3H2,1H3;/q-1;+1. The zero-order chi connectivity index (χ0) is 5.70. The molecule has 0 aliphatic rings. The number of nitro groups is 1. The summed E-state index contributed by atoms with van der Waals surface area (Å²) in [7, 11) is 0. The first-order valence-corrected chi connectivity index (χ1v) is 2.09. The molecule has 0 N–H and O–H groups in total. The average molecular weight is 126 g/mol. The van der Waals surface area contributed by atoms with E-state index in [1.54, 1.807) is 0 Å². The van der Waals surface area contributed by atoms with Crippen LogP contribution in [0.1, 0.15) is 13.3 Å². The molecule has 0 radical (unpaired) electrons. The van der Waals surface area contributed by atoms with E-state index in [0.29, 0.717) is 6.54 Å². The molecule has 0 heterocycles. The van der Waals surface area contributed by atoms with Crippen LogP contribution in [0, 0.1) is 10.1 Å². The van der Waals surface area contributed by atoms with Crippen molar-refractivity contribution in [2.75, 3.05) is 6.54 Å². The van der Waals surface area contributed by atoms with Crippen molar-refractivity contribution in [2.24, 2.45) is 0 Å². The quantitative estimate of drug-likeness (QED) is 0.248. The van der Waals surface area contributed by atoms with Crippen molar-refractivity contribution >= 4 is 0 Å². The van der Waals surface area contributed by atoms with Gasteiger partial charge in [0, 0.05) is 0 Å². The van der Waals surface area contributed by atoms with Crippen LogP contribution in [0.3, 0.4) is 0 Å². The maximum Gasteiger partial charge on any atom is 1.00 e. The summed E-state index contributed by atoms with van der Waals surface area (Å²) < 4.78 is 0. The van der Waals surface area contributed by atoms with Gasteiger partial charge in [0.25, 0.3) is 0 Å². The summed E-state index contributed by atoms with van der Waals surface area (Å²) in [5.41, 5.74) is 2.97. The molecular formula is C3H7N2NaO2. The Morgan fingerprint density at radius 2 is 2.25 bits per heavy atom. The van der Waals surface area contributed by atoms with Crippen molar-refractivity contribution in [3.63, 3.8) is 0 Å². The molecular weight excluding hydrogens is 119 g/mol. The van der Waals surface area contributed by atoms with Crippen molar-refractivity contribution in [1.82, 2.24) is 0 Å². The fourth-order valence-electron chi connectivity index (χ4n) is 0.182. The first-order valence-electron chi connectivity index (χ1n) is 2.09. The second kappa shape index (κ2) is 7.20. The van der Waals surface area contributed by atoms with Crippen LogP contribution >= 0.6 is 0 Å². The van der Waals surface area contributed by atoms with E-state index in [9.17, 15) is 10.1 Å². The van der Waals surface area contributed by atoms with Crippen LogP contribution in [0.5, 0.6) is 0 Å². The zero-order valence-electron chi connectivity index (χ0n) is 5.13. The first-order chi connectivity index (χ1) is 3.27. The van der Waals surface area contributed by atoms with Crippen molar-refractivity contribution in [2.45, 2.75) is 13.3 Å². The summed E-state index contributed by atoms with van der Waals surface area (Å²) in [6.07, 6.45) is 0.737.